The van der Waals surface area contributed by atoms with E-state index in [1.54, 1.807) is 6.07 Å². The molecule has 0 saturated heterocycles. The average Bonchev–Trinajstić information content (AvgIpc) is 2.30. The van der Waals surface area contributed by atoms with Crippen LogP contribution in [0.1, 0.15) is 6.42 Å². The van der Waals surface area contributed by atoms with E-state index in [-0.39, 0.29) is 16.3 Å². The molecule has 1 aromatic carbocycles. The van der Waals surface area contributed by atoms with E-state index in [9.17, 15) is 14.4 Å². The number of rotatable bonds is 3. The van der Waals surface area contributed by atoms with Crippen molar-refractivity contribution >= 4 is 39.9 Å². The lowest BCUT2D eigenvalue weighted by atomic mass is 10.1. The van der Waals surface area contributed by atoms with Gasteiger partial charge in [-0.25, -0.2) is 0 Å². The quantitative estimate of drug-likeness (QED) is 0.744. The summed E-state index contributed by atoms with van der Waals surface area (Å²) in [5, 5.41) is 12.0. The zero-order valence-electron chi connectivity index (χ0n) is 9.57. The van der Waals surface area contributed by atoms with Crippen LogP contribution >= 0.6 is 11.6 Å². The fourth-order valence-corrected chi connectivity index (χ4v) is 1.85. The first kappa shape index (κ1) is 13.1. The first-order valence-electron chi connectivity index (χ1n) is 5.30. The summed E-state index contributed by atoms with van der Waals surface area (Å²) in [6.45, 7) is 0. The summed E-state index contributed by atoms with van der Waals surface area (Å²) in [4.78, 5) is 35.8. The third-order valence-corrected chi connectivity index (χ3v) is 2.76. The van der Waals surface area contributed by atoms with E-state index in [0.717, 1.165) is 0 Å². The van der Waals surface area contributed by atoms with Crippen LogP contribution in [-0.2, 0) is 9.59 Å². The molecule has 0 atom stereocenters. The zero-order chi connectivity index (χ0) is 14.0. The number of aromatic amines is 1. The smallest absolute Gasteiger partial charge is 0.312 e. The van der Waals surface area contributed by atoms with Crippen LogP contribution in [0.25, 0.3) is 10.8 Å². The highest BCUT2D eigenvalue weighted by Crippen LogP contribution is 2.26. The standard InChI is InChI=1S/C12H9ClN2O4/c13-8-4-7-6(1-2-14-12(7)19)3-9(8)15-10(16)5-11(17)18/h1-4H,5H2,(H,14,19)(H,15,16)(H,17,18). The molecule has 2 aromatic rings. The van der Waals surface area contributed by atoms with E-state index in [1.165, 1.54) is 18.3 Å². The van der Waals surface area contributed by atoms with Crippen molar-refractivity contribution in [2.24, 2.45) is 0 Å². The van der Waals surface area contributed by atoms with E-state index in [0.29, 0.717) is 10.8 Å². The molecule has 19 heavy (non-hydrogen) atoms. The first-order valence-corrected chi connectivity index (χ1v) is 5.68. The van der Waals surface area contributed by atoms with Crippen LogP contribution in [-0.4, -0.2) is 22.0 Å². The topological polar surface area (TPSA) is 99.3 Å². The van der Waals surface area contributed by atoms with Crippen LogP contribution in [0.15, 0.2) is 29.2 Å². The van der Waals surface area contributed by atoms with Gasteiger partial charge < -0.3 is 15.4 Å². The molecule has 1 aromatic heterocycles. The van der Waals surface area contributed by atoms with Gasteiger partial charge in [-0.3, -0.25) is 14.4 Å². The van der Waals surface area contributed by atoms with Gasteiger partial charge in [0.1, 0.15) is 6.42 Å². The highest BCUT2D eigenvalue weighted by Gasteiger charge is 2.11. The molecule has 0 aliphatic carbocycles. The molecule has 98 valence electrons. The number of benzene rings is 1. The van der Waals surface area contributed by atoms with Crippen LogP contribution in [0.4, 0.5) is 5.69 Å². The molecule has 7 heteroatoms. The van der Waals surface area contributed by atoms with E-state index in [1.807, 2.05) is 0 Å². The maximum Gasteiger partial charge on any atom is 0.312 e. The van der Waals surface area contributed by atoms with Crippen LogP contribution in [0.3, 0.4) is 0 Å². The number of anilines is 1. The highest BCUT2D eigenvalue weighted by atomic mass is 35.5. The number of halogens is 1. The van der Waals surface area contributed by atoms with Crippen LogP contribution in [0, 0.1) is 0 Å². The Morgan fingerprint density at radius 1 is 1.37 bits per heavy atom. The largest absolute Gasteiger partial charge is 0.481 e. The summed E-state index contributed by atoms with van der Waals surface area (Å²) in [5.74, 6) is -1.91. The third-order valence-electron chi connectivity index (χ3n) is 2.45. The number of fused-ring (bicyclic) bond motifs is 1. The summed E-state index contributed by atoms with van der Waals surface area (Å²) in [7, 11) is 0. The maximum absolute atomic E-state index is 11.5. The molecular formula is C12H9ClN2O4. The lowest BCUT2D eigenvalue weighted by Gasteiger charge is -2.07. The van der Waals surface area contributed by atoms with Crippen molar-refractivity contribution in [2.45, 2.75) is 6.42 Å². The van der Waals surface area contributed by atoms with E-state index >= 15 is 0 Å². The Balaban J connectivity index is 2.39. The number of carbonyl (C=O) groups excluding carboxylic acids is 1. The van der Waals surface area contributed by atoms with Gasteiger partial charge in [-0.1, -0.05) is 11.6 Å². The van der Waals surface area contributed by atoms with E-state index in [2.05, 4.69) is 10.3 Å². The van der Waals surface area contributed by atoms with Crippen molar-refractivity contribution in [3.63, 3.8) is 0 Å². The van der Waals surface area contributed by atoms with Crippen LogP contribution in [0.5, 0.6) is 0 Å². The summed E-state index contributed by atoms with van der Waals surface area (Å²) in [6, 6.07) is 4.60. The molecule has 0 unspecified atom stereocenters. The normalized spacial score (nSPS) is 10.4. The number of carbonyl (C=O) groups is 2. The van der Waals surface area contributed by atoms with Gasteiger partial charge in [0.05, 0.1) is 10.7 Å². The Hall–Kier alpha value is -2.34. The van der Waals surface area contributed by atoms with Crippen molar-refractivity contribution in [3.8, 4) is 0 Å². The number of H-pyrrole nitrogens is 1. The molecule has 1 amide bonds. The summed E-state index contributed by atoms with van der Waals surface area (Å²) >= 11 is 5.94. The fraction of sp³-hybridized carbons (Fsp3) is 0.0833. The van der Waals surface area contributed by atoms with Crippen molar-refractivity contribution in [1.82, 2.24) is 4.98 Å². The minimum absolute atomic E-state index is 0.169. The van der Waals surface area contributed by atoms with Crippen LogP contribution < -0.4 is 10.9 Å². The van der Waals surface area contributed by atoms with E-state index in [4.69, 9.17) is 16.7 Å². The molecular weight excluding hydrogens is 272 g/mol. The molecule has 0 bridgehead atoms. The number of aromatic nitrogens is 1. The average molecular weight is 281 g/mol. The Bertz CT molecular complexity index is 723. The molecule has 3 N–H and O–H groups in total. The molecule has 0 aliphatic heterocycles. The number of pyridine rings is 1. The fourth-order valence-electron chi connectivity index (χ4n) is 1.64. The maximum atomic E-state index is 11.5. The molecule has 0 spiro atoms. The van der Waals surface area contributed by atoms with Crippen molar-refractivity contribution < 1.29 is 14.7 Å². The van der Waals surface area contributed by atoms with Gasteiger partial charge in [0, 0.05) is 11.6 Å². The van der Waals surface area contributed by atoms with Crippen LogP contribution in [0.2, 0.25) is 5.02 Å². The second-order valence-electron chi connectivity index (χ2n) is 3.84. The Labute approximate surface area is 112 Å². The number of aliphatic carboxylic acids is 1. The summed E-state index contributed by atoms with van der Waals surface area (Å²) in [6.07, 6.45) is 0.825. The monoisotopic (exact) mass is 280 g/mol. The second-order valence-corrected chi connectivity index (χ2v) is 4.25. The van der Waals surface area contributed by atoms with Crippen molar-refractivity contribution in [1.29, 1.82) is 0 Å². The molecule has 2 rings (SSSR count). The summed E-state index contributed by atoms with van der Waals surface area (Å²) < 4.78 is 0. The second kappa shape index (κ2) is 5.11. The molecule has 1 heterocycles. The summed E-state index contributed by atoms with van der Waals surface area (Å²) in [5.41, 5.74) is -0.0196. The van der Waals surface area contributed by atoms with Crippen molar-refractivity contribution in [2.75, 3.05) is 5.32 Å². The number of carboxylic acids is 1. The third kappa shape index (κ3) is 2.92. The van der Waals surface area contributed by atoms with Gasteiger partial charge in [0.2, 0.25) is 5.91 Å². The number of hydrogen-bond acceptors (Lipinski definition) is 3. The molecule has 0 aliphatic rings. The van der Waals surface area contributed by atoms with Gasteiger partial charge in [-0.2, -0.15) is 0 Å². The first-order chi connectivity index (χ1) is 8.97. The number of carboxylic acid groups (broad SMARTS) is 1. The highest BCUT2D eigenvalue weighted by molar-refractivity contribution is 6.34. The molecule has 0 fully saturated rings. The van der Waals surface area contributed by atoms with Crippen molar-refractivity contribution in [3.05, 3.63) is 39.8 Å². The minimum atomic E-state index is -1.23. The van der Waals surface area contributed by atoms with Gasteiger partial charge in [0.25, 0.3) is 5.56 Å². The SMILES string of the molecule is O=C(O)CC(=O)Nc1cc2cc[nH]c(=O)c2cc1Cl. The minimum Gasteiger partial charge on any atom is -0.481 e. The number of nitrogens with one attached hydrogen (secondary N) is 2. The van der Waals surface area contributed by atoms with E-state index < -0.39 is 18.3 Å². The van der Waals surface area contributed by atoms with Gasteiger partial charge in [-0.15, -0.1) is 0 Å². The Morgan fingerprint density at radius 3 is 2.79 bits per heavy atom. The molecule has 0 saturated carbocycles. The van der Waals surface area contributed by atoms with Gasteiger partial charge in [0.15, 0.2) is 0 Å². The molecule has 6 nitrogen and oxygen atoms in total. The lowest BCUT2D eigenvalue weighted by molar-refractivity contribution is -0.139. The molecule has 0 radical (unpaired) electrons. The zero-order valence-corrected chi connectivity index (χ0v) is 10.3. The Morgan fingerprint density at radius 2 is 2.11 bits per heavy atom. The van der Waals surface area contributed by atoms with Gasteiger partial charge >= 0.3 is 5.97 Å². The van der Waals surface area contributed by atoms with Gasteiger partial charge in [-0.05, 0) is 23.6 Å². The lowest BCUT2D eigenvalue weighted by Crippen LogP contribution is -2.16. The number of amides is 1. The Kier molecular flexibility index (Phi) is 3.52. The number of hydrogen-bond donors (Lipinski definition) is 3. The predicted molar refractivity (Wildman–Crippen MR) is 70.5 cm³/mol. The predicted octanol–water partition coefficient (Wildman–Crippen LogP) is 1.59.